The van der Waals surface area contributed by atoms with Crippen LogP contribution < -0.4 is 0 Å². The number of aromatic carboxylic acids is 1. The van der Waals surface area contributed by atoms with Crippen LogP contribution in [0.1, 0.15) is 41.2 Å². The molecule has 1 aromatic rings. The molecular weight excluding hydrogens is 234 g/mol. The third-order valence-corrected chi connectivity index (χ3v) is 4.52. The summed E-state index contributed by atoms with van der Waals surface area (Å²) in [5, 5.41) is 8.87. The topological polar surface area (TPSA) is 40.5 Å². The molecule has 1 fully saturated rings. The normalized spacial score (nSPS) is 20.4. The van der Waals surface area contributed by atoms with Crippen molar-refractivity contribution in [3.8, 4) is 0 Å². The second-order valence-electron chi connectivity index (χ2n) is 5.51. The predicted octanol–water partition coefficient (Wildman–Crippen LogP) is 3.07. The molecule has 0 atom stereocenters. The van der Waals surface area contributed by atoms with Crippen LogP contribution in [-0.4, -0.2) is 29.1 Å². The highest BCUT2D eigenvalue weighted by Gasteiger charge is 2.25. The number of hydrogen-bond donors (Lipinski definition) is 1. The number of carboxylic acids is 1. The average Bonchev–Trinajstić information content (AvgIpc) is 2.70. The molecule has 2 heterocycles. The molecule has 0 unspecified atom stereocenters. The van der Waals surface area contributed by atoms with Crippen LogP contribution in [0.4, 0.5) is 0 Å². The van der Waals surface area contributed by atoms with Gasteiger partial charge in [0.25, 0.3) is 0 Å². The number of piperidine rings is 1. The van der Waals surface area contributed by atoms with Crippen LogP contribution in [0.15, 0.2) is 12.1 Å². The lowest BCUT2D eigenvalue weighted by Gasteiger charge is -2.36. The van der Waals surface area contributed by atoms with Crippen LogP contribution in [0.2, 0.25) is 0 Å². The Morgan fingerprint density at radius 3 is 2.59 bits per heavy atom. The molecule has 1 saturated heterocycles. The first kappa shape index (κ1) is 12.6. The largest absolute Gasteiger partial charge is 0.477 e. The molecule has 94 valence electrons. The Bertz CT molecular complexity index is 401. The van der Waals surface area contributed by atoms with E-state index >= 15 is 0 Å². The highest BCUT2D eigenvalue weighted by molar-refractivity contribution is 7.13. The van der Waals surface area contributed by atoms with Crippen molar-refractivity contribution in [1.29, 1.82) is 0 Å². The van der Waals surface area contributed by atoms with Gasteiger partial charge in [-0.2, -0.15) is 0 Å². The van der Waals surface area contributed by atoms with Gasteiger partial charge in [-0.15, -0.1) is 11.3 Å². The fourth-order valence-electron chi connectivity index (χ4n) is 2.11. The van der Waals surface area contributed by atoms with Crippen molar-refractivity contribution in [3.63, 3.8) is 0 Å². The fraction of sp³-hybridized carbons (Fsp3) is 0.615. The lowest BCUT2D eigenvalue weighted by atomic mass is 9.83. The van der Waals surface area contributed by atoms with Crippen molar-refractivity contribution in [2.75, 3.05) is 13.1 Å². The third kappa shape index (κ3) is 3.30. The zero-order chi connectivity index (χ0) is 12.5. The second kappa shape index (κ2) is 4.78. The molecular formula is C13H19NO2S. The Hall–Kier alpha value is -0.870. The maximum absolute atomic E-state index is 10.8. The van der Waals surface area contributed by atoms with Gasteiger partial charge in [-0.3, -0.25) is 4.90 Å². The molecule has 1 aliphatic heterocycles. The summed E-state index contributed by atoms with van der Waals surface area (Å²) >= 11 is 1.39. The van der Waals surface area contributed by atoms with E-state index in [-0.39, 0.29) is 0 Å². The Kier molecular flexibility index (Phi) is 3.54. The highest BCUT2D eigenvalue weighted by atomic mass is 32.1. The molecule has 0 amide bonds. The smallest absolute Gasteiger partial charge is 0.345 e. The summed E-state index contributed by atoms with van der Waals surface area (Å²) in [6.45, 7) is 7.77. The molecule has 2 rings (SSSR count). The molecule has 1 aliphatic rings. The number of carboxylic acid groups (broad SMARTS) is 1. The van der Waals surface area contributed by atoms with E-state index in [1.165, 1.54) is 24.2 Å². The number of nitrogens with zero attached hydrogens (tertiary/aromatic N) is 1. The van der Waals surface area contributed by atoms with Gasteiger partial charge in [0.2, 0.25) is 0 Å². The van der Waals surface area contributed by atoms with E-state index in [0.717, 1.165) is 24.5 Å². The molecule has 0 aromatic carbocycles. The molecule has 17 heavy (non-hydrogen) atoms. The van der Waals surface area contributed by atoms with Gasteiger partial charge in [0.1, 0.15) is 4.88 Å². The van der Waals surface area contributed by atoms with Crippen LogP contribution in [-0.2, 0) is 6.54 Å². The number of likely N-dealkylation sites (tertiary alicyclic amines) is 1. The molecule has 0 bridgehead atoms. The first-order valence-corrected chi connectivity index (χ1v) is 6.82. The minimum absolute atomic E-state index is 0.442. The summed E-state index contributed by atoms with van der Waals surface area (Å²) in [5.41, 5.74) is 0.470. The SMILES string of the molecule is CC1(C)CCN(Cc2ccc(C(=O)O)s2)CC1. The summed E-state index contributed by atoms with van der Waals surface area (Å²) in [4.78, 5) is 14.8. The van der Waals surface area contributed by atoms with E-state index in [1.54, 1.807) is 6.07 Å². The van der Waals surface area contributed by atoms with Crippen LogP contribution >= 0.6 is 11.3 Å². The monoisotopic (exact) mass is 253 g/mol. The van der Waals surface area contributed by atoms with Crippen LogP contribution in [0.3, 0.4) is 0 Å². The minimum Gasteiger partial charge on any atom is -0.477 e. The number of hydrogen-bond acceptors (Lipinski definition) is 3. The summed E-state index contributed by atoms with van der Waals surface area (Å²) in [6.07, 6.45) is 2.45. The van der Waals surface area contributed by atoms with Crippen molar-refractivity contribution < 1.29 is 9.90 Å². The quantitative estimate of drug-likeness (QED) is 0.900. The van der Waals surface area contributed by atoms with E-state index < -0.39 is 5.97 Å². The molecule has 4 heteroatoms. The third-order valence-electron chi connectivity index (χ3n) is 3.46. The van der Waals surface area contributed by atoms with Crippen LogP contribution in [0, 0.1) is 5.41 Å². The predicted molar refractivity (Wildman–Crippen MR) is 69.6 cm³/mol. The number of thiophene rings is 1. The maximum Gasteiger partial charge on any atom is 0.345 e. The Morgan fingerprint density at radius 2 is 2.06 bits per heavy atom. The van der Waals surface area contributed by atoms with E-state index in [2.05, 4.69) is 18.7 Å². The molecule has 0 aliphatic carbocycles. The zero-order valence-electron chi connectivity index (χ0n) is 10.4. The highest BCUT2D eigenvalue weighted by Crippen LogP contribution is 2.30. The lowest BCUT2D eigenvalue weighted by Crippen LogP contribution is -2.36. The van der Waals surface area contributed by atoms with Gasteiger partial charge >= 0.3 is 5.97 Å². The first-order valence-electron chi connectivity index (χ1n) is 6.01. The Labute approximate surface area is 106 Å². The summed E-state index contributed by atoms with van der Waals surface area (Å²) in [5.74, 6) is -0.818. The number of rotatable bonds is 3. The van der Waals surface area contributed by atoms with Crippen LogP contribution in [0.5, 0.6) is 0 Å². The lowest BCUT2D eigenvalue weighted by molar-refractivity contribution is 0.0702. The molecule has 0 radical (unpaired) electrons. The summed E-state index contributed by atoms with van der Waals surface area (Å²) in [7, 11) is 0. The van der Waals surface area contributed by atoms with Gasteiger partial charge < -0.3 is 5.11 Å². The van der Waals surface area contributed by atoms with Gasteiger partial charge in [-0.25, -0.2) is 4.79 Å². The van der Waals surface area contributed by atoms with Gasteiger partial charge in [0.15, 0.2) is 0 Å². The van der Waals surface area contributed by atoms with Crippen LogP contribution in [0.25, 0.3) is 0 Å². The maximum atomic E-state index is 10.8. The zero-order valence-corrected chi connectivity index (χ0v) is 11.2. The van der Waals surface area contributed by atoms with Crippen molar-refractivity contribution in [1.82, 2.24) is 4.90 Å². The van der Waals surface area contributed by atoms with Crippen molar-refractivity contribution >= 4 is 17.3 Å². The van der Waals surface area contributed by atoms with Crippen molar-refractivity contribution in [2.45, 2.75) is 33.2 Å². The van der Waals surface area contributed by atoms with E-state index in [0.29, 0.717) is 10.3 Å². The van der Waals surface area contributed by atoms with Gasteiger partial charge in [-0.1, -0.05) is 13.8 Å². The summed E-state index contributed by atoms with van der Waals surface area (Å²) < 4.78 is 0. The average molecular weight is 253 g/mol. The van der Waals surface area contributed by atoms with Crippen molar-refractivity contribution in [2.24, 2.45) is 5.41 Å². The van der Waals surface area contributed by atoms with Gasteiger partial charge in [0.05, 0.1) is 0 Å². The minimum atomic E-state index is -0.818. The molecule has 0 saturated carbocycles. The molecule has 1 aromatic heterocycles. The van der Waals surface area contributed by atoms with Gasteiger partial charge in [0, 0.05) is 11.4 Å². The molecule has 0 spiro atoms. The Balaban J connectivity index is 1.91. The van der Waals surface area contributed by atoms with Crippen molar-refractivity contribution in [3.05, 3.63) is 21.9 Å². The standard InChI is InChI=1S/C13H19NO2S/c1-13(2)5-7-14(8-6-13)9-10-3-4-11(17-10)12(15)16/h3-4H,5-9H2,1-2H3,(H,15,16). The fourth-order valence-corrected chi connectivity index (χ4v) is 3.00. The second-order valence-corrected chi connectivity index (χ2v) is 6.68. The van der Waals surface area contributed by atoms with E-state index in [4.69, 9.17) is 5.11 Å². The Morgan fingerprint density at radius 1 is 1.41 bits per heavy atom. The van der Waals surface area contributed by atoms with E-state index in [9.17, 15) is 4.79 Å². The van der Waals surface area contributed by atoms with E-state index in [1.807, 2.05) is 6.07 Å². The molecule has 3 nitrogen and oxygen atoms in total. The van der Waals surface area contributed by atoms with Gasteiger partial charge in [-0.05, 0) is 43.5 Å². The summed E-state index contributed by atoms with van der Waals surface area (Å²) in [6, 6.07) is 3.64. The first-order chi connectivity index (χ1) is 7.96. The molecule has 1 N–H and O–H groups in total. The number of carbonyl (C=O) groups is 1.